The molecule has 0 atom stereocenters. The van der Waals surface area contributed by atoms with Crippen LogP contribution in [-0.2, 0) is 11.8 Å². The molecule has 7 heteroatoms. The molecule has 0 saturated carbocycles. The van der Waals surface area contributed by atoms with Gasteiger partial charge in [0, 0.05) is 18.9 Å². The Balaban J connectivity index is 2.24. The number of nitrogens with zero attached hydrogens (tertiary/aromatic N) is 2. The second-order valence-electron chi connectivity index (χ2n) is 6.56. The van der Waals surface area contributed by atoms with Gasteiger partial charge in [-0.15, -0.1) is 0 Å². The number of hydrazine groups is 1. The van der Waals surface area contributed by atoms with E-state index >= 15 is 0 Å². The van der Waals surface area contributed by atoms with Crippen LogP contribution in [0.15, 0.2) is 29.1 Å². The summed E-state index contributed by atoms with van der Waals surface area (Å²) in [4.78, 5) is 36.1. The van der Waals surface area contributed by atoms with Gasteiger partial charge in [-0.1, -0.05) is 39.0 Å². The lowest BCUT2D eigenvalue weighted by molar-refractivity contribution is -0.123. The maximum atomic E-state index is 12.3. The summed E-state index contributed by atoms with van der Waals surface area (Å²) in [7, 11) is 1.48. The molecule has 1 aromatic carbocycles. The topological polar surface area (TPSA) is 93.1 Å². The quantitative estimate of drug-likeness (QED) is 0.812. The number of aromatic nitrogens is 2. The number of benzene rings is 1. The van der Waals surface area contributed by atoms with Crippen LogP contribution < -0.4 is 16.4 Å². The number of amides is 2. The number of carbonyl (C=O) groups excluding carboxylic acids is 2. The Bertz CT molecular complexity index is 818. The summed E-state index contributed by atoms with van der Waals surface area (Å²) < 4.78 is 1.11. The predicted molar refractivity (Wildman–Crippen MR) is 86.7 cm³/mol. The smallest absolute Gasteiger partial charge is 0.273 e. The van der Waals surface area contributed by atoms with Crippen LogP contribution in [0.1, 0.15) is 37.7 Å². The molecule has 0 radical (unpaired) electrons. The standard InChI is InChI=1S/C16H20N4O3/c1-16(2,3)9-12(21)17-18-14(22)13-10-7-5-6-8-11(10)15(23)20(4)19-13/h5-8H,9H2,1-4H3,(H,17,21)(H,18,22). The Morgan fingerprint density at radius 3 is 2.35 bits per heavy atom. The van der Waals surface area contributed by atoms with Crippen molar-refractivity contribution in [3.05, 3.63) is 40.3 Å². The molecule has 122 valence electrons. The van der Waals surface area contributed by atoms with Crippen LogP contribution in [0.5, 0.6) is 0 Å². The van der Waals surface area contributed by atoms with Crippen LogP contribution in [0.4, 0.5) is 0 Å². The average Bonchev–Trinajstić information content (AvgIpc) is 2.47. The van der Waals surface area contributed by atoms with E-state index in [0.717, 1.165) is 4.68 Å². The summed E-state index contributed by atoms with van der Waals surface area (Å²) in [6, 6.07) is 6.72. The van der Waals surface area contributed by atoms with Gasteiger partial charge in [0.05, 0.1) is 5.39 Å². The van der Waals surface area contributed by atoms with Gasteiger partial charge in [0.15, 0.2) is 5.69 Å². The first-order valence-electron chi connectivity index (χ1n) is 7.24. The van der Waals surface area contributed by atoms with Gasteiger partial charge in [-0.2, -0.15) is 5.10 Å². The zero-order chi connectivity index (χ0) is 17.2. The van der Waals surface area contributed by atoms with E-state index in [9.17, 15) is 14.4 Å². The van der Waals surface area contributed by atoms with Gasteiger partial charge in [0.25, 0.3) is 11.5 Å². The molecule has 2 rings (SSSR count). The minimum Gasteiger partial charge on any atom is -0.273 e. The Hall–Kier alpha value is -2.70. The molecule has 0 aliphatic carbocycles. The highest BCUT2D eigenvalue weighted by Crippen LogP contribution is 2.17. The molecular weight excluding hydrogens is 296 g/mol. The largest absolute Gasteiger partial charge is 0.290 e. The van der Waals surface area contributed by atoms with Gasteiger partial charge in [-0.05, 0) is 11.5 Å². The average molecular weight is 316 g/mol. The van der Waals surface area contributed by atoms with Gasteiger partial charge in [0.2, 0.25) is 5.91 Å². The highest BCUT2D eigenvalue weighted by molar-refractivity contribution is 6.05. The normalized spacial score (nSPS) is 11.3. The van der Waals surface area contributed by atoms with Crippen LogP contribution in [-0.4, -0.2) is 21.6 Å². The molecule has 0 fully saturated rings. The number of fused-ring (bicyclic) bond motifs is 1. The van der Waals surface area contributed by atoms with Crippen LogP contribution in [0.3, 0.4) is 0 Å². The van der Waals surface area contributed by atoms with Crippen molar-refractivity contribution in [3.8, 4) is 0 Å². The molecule has 0 spiro atoms. The van der Waals surface area contributed by atoms with Crippen molar-refractivity contribution < 1.29 is 9.59 Å². The van der Waals surface area contributed by atoms with Crippen LogP contribution in [0.25, 0.3) is 10.8 Å². The lowest BCUT2D eigenvalue weighted by atomic mass is 9.92. The maximum absolute atomic E-state index is 12.3. The van der Waals surface area contributed by atoms with Crippen molar-refractivity contribution in [2.24, 2.45) is 12.5 Å². The van der Waals surface area contributed by atoms with Crippen LogP contribution >= 0.6 is 0 Å². The second kappa shape index (κ2) is 6.20. The van der Waals surface area contributed by atoms with Crippen LogP contribution in [0, 0.1) is 5.41 Å². The van der Waals surface area contributed by atoms with Crippen molar-refractivity contribution >= 4 is 22.6 Å². The minimum atomic E-state index is -0.570. The molecule has 1 aromatic heterocycles. The number of hydrogen-bond acceptors (Lipinski definition) is 4. The maximum Gasteiger partial charge on any atom is 0.290 e. The third kappa shape index (κ3) is 3.94. The van der Waals surface area contributed by atoms with E-state index in [1.807, 2.05) is 20.8 Å². The Morgan fingerprint density at radius 2 is 1.74 bits per heavy atom. The van der Waals surface area contributed by atoms with E-state index in [-0.39, 0.29) is 29.0 Å². The summed E-state index contributed by atoms with van der Waals surface area (Å²) in [5.74, 6) is -0.862. The summed E-state index contributed by atoms with van der Waals surface area (Å²) in [6.07, 6.45) is 0.273. The molecule has 7 nitrogen and oxygen atoms in total. The first-order valence-corrected chi connectivity index (χ1v) is 7.24. The number of carbonyl (C=O) groups is 2. The van der Waals surface area contributed by atoms with Crippen LogP contribution in [0.2, 0.25) is 0 Å². The summed E-state index contributed by atoms with van der Waals surface area (Å²) >= 11 is 0. The first-order chi connectivity index (χ1) is 10.7. The van der Waals surface area contributed by atoms with Crippen molar-refractivity contribution in [2.45, 2.75) is 27.2 Å². The van der Waals surface area contributed by atoms with E-state index in [2.05, 4.69) is 16.0 Å². The summed E-state index contributed by atoms with van der Waals surface area (Å²) in [5.41, 5.74) is 4.33. The third-order valence-electron chi connectivity index (χ3n) is 3.18. The molecule has 0 aliphatic rings. The molecule has 2 N–H and O–H groups in total. The monoisotopic (exact) mass is 316 g/mol. The van der Waals surface area contributed by atoms with E-state index in [4.69, 9.17) is 0 Å². The van der Waals surface area contributed by atoms with Gasteiger partial charge in [-0.25, -0.2) is 4.68 Å². The van der Waals surface area contributed by atoms with Gasteiger partial charge >= 0.3 is 0 Å². The number of aryl methyl sites for hydroxylation is 1. The van der Waals surface area contributed by atoms with E-state index in [1.165, 1.54) is 7.05 Å². The fourth-order valence-corrected chi connectivity index (χ4v) is 2.18. The zero-order valence-corrected chi connectivity index (χ0v) is 13.6. The van der Waals surface area contributed by atoms with Gasteiger partial charge in [-0.3, -0.25) is 25.2 Å². The Labute approximate surface area is 133 Å². The number of rotatable bonds is 2. The predicted octanol–water partition coefficient (Wildman–Crippen LogP) is 1.13. The molecule has 0 saturated heterocycles. The second-order valence-corrected chi connectivity index (χ2v) is 6.56. The fraction of sp³-hybridized carbons (Fsp3) is 0.375. The van der Waals surface area contributed by atoms with E-state index in [1.54, 1.807) is 24.3 Å². The molecule has 0 unspecified atom stereocenters. The van der Waals surface area contributed by atoms with Crippen molar-refractivity contribution in [3.63, 3.8) is 0 Å². The third-order valence-corrected chi connectivity index (χ3v) is 3.18. The van der Waals surface area contributed by atoms with Crippen molar-refractivity contribution in [1.82, 2.24) is 20.6 Å². The first kappa shape index (κ1) is 16.7. The SMILES string of the molecule is Cn1nc(C(=O)NNC(=O)CC(C)(C)C)c2ccccc2c1=O. The van der Waals surface area contributed by atoms with E-state index < -0.39 is 5.91 Å². The molecule has 2 aromatic rings. The molecule has 23 heavy (non-hydrogen) atoms. The van der Waals surface area contributed by atoms with Gasteiger partial charge < -0.3 is 0 Å². The number of hydrogen-bond donors (Lipinski definition) is 2. The fourth-order valence-electron chi connectivity index (χ4n) is 2.18. The molecule has 1 heterocycles. The number of nitrogens with one attached hydrogen (secondary N) is 2. The summed E-state index contributed by atoms with van der Waals surface area (Å²) in [6.45, 7) is 5.78. The van der Waals surface area contributed by atoms with E-state index in [0.29, 0.717) is 10.8 Å². The Kier molecular flexibility index (Phi) is 4.49. The minimum absolute atomic E-state index is 0.0822. The Morgan fingerprint density at radius 1 is 1.13 bits per heavy atom. The molecular formula is C16H20N4O3. The van der Waals surface area contributed by atoms with Crippen molar-refractivity contribution in [1.29, 1.82) is 0 Å². The highest BCUT2D eigenvalue weighted by Gasteiger charge is 2.18. The molecule has 2 amide bonds. The molecule has 0 bridgehead atoms. The summed E-state index contributed by atoms with van der Waals surface area (Å²) in [5, 5.41) is 4.84. The van der Waals surface area contributed by atoms with Gasteiger partial charge in [0.1, 0.15) is 0 Å². The highest BCUT2D eigenvalue weighted by atomic mass is 16.2. The lowest BCUT2D eigenvalue weighted by Crippen LogP contribution is -2.43. The lowest BCUT2D eigenvalue weighted by Gasteiger charge is -2.17. The molecule has 0 aliphatic heterocycles. The zero-order valence-electron chi connectivity index (χ0n) is 13.6. The van der Waals surface area contributed by atoms with Crippen molar-refractivity contribution in [2.75, 3.05) is 0 Å².